The van der Waals surface area contributed by atoms with Crippen LogP contribution < -0.4 is 10.6 Å². The van der Waals surface area contributed by atoms with Crippen LogP contribution >= 0.6 is 0 Å². The summed E-state index contributed by atoms with van der Waals surface area (Å²) in [6.45, 7) is 10.3. The van der Waals surface area contributed by atoms with Gasteiger partial charge < -0.3 is 10.2 Å². The van der Waals surface area contributed by atoms with Crippen molar-refractivity contribution >= 4 is 0 Å². The van der Waals surface area contributed by atoms with E-state index in [2.05, 4.69) is 50.3 Å². The van der Waals surface area contributed by atoms with Crippen LogP contribution in [0.4, 0.5) is 0 Å². The van der Waals surface area contributed by atoms with Crippen molar-refractivity contribution in [2.45, 2.75) is 57.3 Å². The molecule has 4 N–H and O–H groups in total. The Morgan fingerprint density at radius 1 is 0.895 bits per heavy atom. The van der Waals surface area contributed by atoms with Crippen LogP contribution in [0.25, 0.3) is 0 Å². The average Bonchev–Trinajstić information content (AvgIpc) is 2.30. The van der Waals surface area contributed by atoms with Gasteiger partial charge in [-0.1, -0.05) is 0 Å². The predicted octanol–water partition coefficient (Wildman–Crippen LogP) is 0.129. The molecule has 19 heavy (non-hydrogen) atoms. The molecule has 1 saturated heterocycles. The Bertz CT molecular complexity index is 264. The van der Waals surface area contributed by atoms with Gasteiger partial charge in [0, 0.05) is 24.2 Å². The molecule has 114 valence electrons. The Hall–Kier alpha value is -0.200. The van der Waals surface area contributed by atoms with E-state index in [0.29, 0.717) is 13.1 Å². The molecule has 0 unspecified atom stereocenters. The minimum Gasteiger partial charge on any atom is -0.395 e. The first-order valence-corrected chi connectivity index (χ1v) is 7.15. The quantitative estimate of drug-likeness (QED) is 0.518. The highest BCUT2D eigenvalue weighted by Gasteiger charge is 2.50. The molecule has 5 heteroatoms. The van der Waals surface area contributed by atoms with E-state index in [4.69, 9.17) is 10.2 Å². The lowest BCUT2D eigenvalue weighted by Crippen LogP contribution is -2.72. The molecule has 0 radical (unpaired) electrons. The first-order chi connectivity index (χ1) is 8.69. The van der Waals surface area contributed by atoms with Crippen LogP contribution in [0.15, 0.2) is 0 Å². The minimum atomic E-state index is -0.231. The smallest absolute Gasteiger partial charge is 0.0724 e. The second-order valence-corrected chi connectivity index (χ2v) is 6.92. The Balaban J connectivity index is 2.95. The maximum atomic E-state index is 9.10. The SMILES string of the molecule is CN1C(C)(C)CC(NCCO)(NCCO)CC1(C)C. The Kier molecular flexibility index (Phi) is 5.37. The van der Waals surface area contributed by atoms with E-state index in [1.165, 1.54) is 0 Å². The Morgan fingerprint density at radius 2 is 1.26 bits per heavy atom. The molecular formula is C14H31N3O2. The van der Waals surface area contributed by atoms with Crippen molar-refractivity contribution in [3.05, 3.63) is 0 Å². The molecular weight excluding hydrogens is 242 g/mol. The van der Waals surface area contributed by atoms with Crippen LogP contribution in [0.3, 0.4) is 0 Å². The Labute approximate surface area is 117 Å². The summed E-state index contributed by atoms with van der Waals surface area (Å²) in [6.07, 6.45) is 1.86. The summed E-state index contributed by atoms with van der Waals surface area (Å²) < 4.78 is 0. The summed E-state index contributed by atoms with van der Waals surface area (Å²) in [6, 6.07) is 0. The average molecular weight is 273 g/mol. The van der Waals surface area contributed by atoms with E-state index >= 15 is 0 Å². The highest BCUT2D eigenvalue weighted by Crippen LogP contribution is 2.41. The lowest BCUT2D eigenvalue weighted by Gasteiger charge is -2.59. The van der Waals surface area contributed by atoms with E-state index in [1.807, 2.05) is 0 Å². The number of likely N-dealkylation sites (tertiary alicyclic amines) is 1. The summed E-state index contributed by atoms with van der Waals surface area (Å²) in [4.78, 5) is 2.42. The summed E-state index contributed by atoms with van der Waals surface area (Å²) in [5.74, 6) is 0. The van der Waals surface area contributed by atoms with Gasteiger partial charge in [0.1, 0.15) is 0 Å². The first kappa shape index (κ1) is 16.9. The summed E-state index contributed by atoms with van der Waals surface area (Å²) in [7, 11) is 2.17. The third kappa shape index (κ3) is 3.89. The van der Waals surface area contributed by atoms with Crippen LogP contribution in [-0.4, -0.2) is 65.2 Å². The van der Waals surface area contributed by atoms with Crippen molar-refractivity contribution in [2.75, 3.05) is 33.4 Å². The highest BCUT2D eigenvalue weighted by molar-refractivity contribution is 5.07. The van der Waals surface area contributed by atoms with Crippen molar-refractivity contribution in [3.8, 4) is 0 Å². The molecule has 0 aromatic carbocycles. The van der Waals surface area contributed by atoms with Crippen molar-refractivity contribution in [1.82, 2.24) is 15.5 Å². The molecule has 1 fully saturated rings. The fourth-order valence-corrected chi connectivity index (χ4v) is 3.50. The number of hydrogen-bond donors (Lipinski definition) is 4. The molecule has 0 aromatic heterocycles. The van der Waals surface area contributed by atoms with Gasteiger partial charge in [-0.05, 0) is 47.6 Å². The zero-order valence-electron chi connectivity index (χ0n) is 13.1. The van der Waals surface area contributed by atoms with Crippen LogP contribution in [0, 0.1) is 0 Å². The summed E-state index contributed by atoms with van der Waals surface area (Å²) in [5.41, 5.74) is -0.135. The van der Waals surface area contributed by atoms with Gasteiger partial charge in [0.15, 0.2) is 0 Å². The lowest BCUT2D eigenvalue weighted by molar-refractivity contribution is -0.0634. The monoisotopic (exact) mass is 273 g/mol. The van der Waals surface area contributed by atoms with Crippen LogP contribution in [0.2, 0.25) is 0 Å². The highest BCUT2D eigenvalue weighted by atomic mass is 16.3. The van der Waals surface area contributed by atoms with Crippen molar-refractivity contribution in [3.63, 3.8) is 0 Å². The largest absolute Gasteiger partial charge is 0.395 e. The fourth-order valence-electron chi connectivity index (χ4n) is 3.50. The van der Waals surface area contributed by atoms with Gasteiger partial charge in [-0.25, -0.2) is 0 Å². The zero-order chi connectivity index (χ0) is 14.7. The van der Waals surface area contributed by atoms with E-state index in [9.17, 15) is 0 Å². The molecule has 1 aliphatic heterocycles. The number of nitrogens with zero attached hydrogens (tertiary/aromatic N) is 1. The van der Waals surface area contributed by atoms with Crippen molar-refractivity contribution < 1.29 is 10.2 Å². The van der Waals surface area contributed by atoms with Crippen molar-refractivity contribution in [2.24, 2.45) is 0 Å². The predicted molar refractivity (Wildman–Crippen MR) is 78.1 cm³/mol. The molecule has 0 aliphatic carbocycles. The summed E-state index contributed by atoms with van der Waals surface area (Å²) in [5, 5.41) is 25.1. The van der Waals surface area contributed by atoms with Gasteiger partial charge in [0.25, 0.3) is 0 Å². The molecule has 1 heterocycles. The second kappa shape index (κ2) is 6.06. The second-order valence-electron chi connectivity index (χ2n) is 6.92. The van der Waals surface area contributed by atoms with Crippen molar-refractivity contribution in [1.29, 1.82) is 0 Å². The molecule has 0 atom stereocenters. The van der Waals surface area contributed by atoms with Gasteiger partial charge >= 0.3 is 0 Å². The standard InChI is InChI=1S/C14H31N3O2/c1-12(2)10-14(15-6-8-18,16-7-9-19)11-13(3,4)17(12)5/h15-16,18-19H,6-11H2,1-5H3. The maximum Gasteiger partial charge on any atom is 0.0724 e. The number of aliphatic hydroxyl groups is 2. The number of nitrogens with one attached hydrogen (secondary N) is 2. The van der Waals surface area contributed by atoms with Gasteiger partial charge in [0.2, 0.25) is 0 Å². The molecule has 0 bridgehead atoms. The third-order valence-electron chi connectivity index (χ3n) is 4.44. The van der Waals surface area contributed by atoms with Gasteiger partial charge in [-0.2, -0.15) is 0 Å². The maximum absolute atomic E-state index is 9.10. The van der Waals surface area contributed by atoms with E-state index in [-0.39, 0.29) is 30.0 Å². The zero-order valence-corrected chi connectivity index (χ0v) is 13.1. The van der Waals surface area contributed by atoms with Gasteiger partial charge in [-0.3, -0.25) is 15.5 Å². The van der Waals surface area contributed by atoms with E-state index in [1.54, 1.807) is 0 Å². The molecule has 0 saturated carbocycles. The van der Waals surface area contributed by atoms with E-state index in [0.717, 1.165) is 12.8 Å². The van der Waals surface area contributed by atoms with Crippen LogP contribution in [0.1, 0.15) is 40.5 Å². The first-order valence-electron chi connectivity index (χ1n) is 7.15. The number of aliphatic hydroxyl groups excluding tert-OH is 2. The third-order valence-corrected chi connectivity index (χ3v) is 4.44. The number of hydrogen-bond acceptors (Lipinski definition) is 5. The molecule has 5 nitrogen and oxygen atoms in total. The normalized spacial score (nSPS) is 25.4. The van der Waals surface area contributed by atoms with Gasteiger partial charge in [0.05, 0.1) is 18.9 Å². The fraction of sp³-hybridized carbons (Fsp3) is 1.00. The Morgan fingerprint density at radius 3 is 1.58 bits per heavy atom. The summed E-state index contributed by atoms with van der Waals surface area (Å²) >= 11 is 0. The molecule has 0 spiro atoms. The van der Waals surface area contributed by atoms with Gasteiger partial charge in [-0.15, -0.1) is 0 Å². The topological polar surface area (TPSA) is 67.8 Å². The van der Waals surface area contributed by atoms with Crippen LogP contribution in [0.5, 0.6) is 0 Å². The lowest BCUT2D eigenvalue weighted by atomic mass is 9.73. The van der Waals surface area contributed by atoms with E-state index < -0.39 is 0 Å². The molecule has 0 amide bonds. The molecule has 0 aromatic rings. The number of rotatable bonds is 6. The molecule has 1 aliphatic rings. The minimum absolute atomic E-state index is 0.0483. The number of piperidine rings is 1. The van der Waals surface area contributed by atoms with Crippen LogP contribution in [-0.2, 0) is 0 Å². The molecule has 1 rings (SSSR count).